The van der Waals surface area contributed by atoms with Crippen LogP contribution in [0.4, 0.5) is 0 Å². The fourth-order valence-electron chi connectivity index (χ4n) is 2.85. The molecule has 3 heteroatoms. The number of nitrogens with one attached hydrogen (secondary N) is 1. The van der Waals surface area contributed by atoms with Gasteiger partial charge in [-0.05, 0) is 37.7 Å². The van der Waals surface area contributed by atoms with Gasteiger partial charge in [-0.25, -0.2) is 0 Å². The Morgan fingerprint density at radius 2 is 2.15 bits per heavy atom. The van der Waals surface area contributed by atoms with Gasteiger partial charge < -0.3 is 5.32 Å². The van der Waals surface area contributed by atoms with Crippen LogP contribution in [0, 0.1) is 12.8 Å². The summed E-state index contributed by atoms with van der Waals surface area (Å²) in [5.74, 6) is 0.781. The van der Waals surface area contributed by atoms with Crippen molar-refractivity contribution in [1.82, 2.24) is 5.32 Å². The Hall–Kier alpha value is -0.830. The fourth-order valence-corrected chi connectivity index (χ4v) is 3.63. The van der Waals surface area contributed by atoms with Gasteiger partial charge in [-0.3, -0.25) is 4.79 Å². The van der Waals surface area contributed by atoms with Crippen LogP contribution in [-0.4, -0.2) is 17.3 Å². The number of aryl methyl sites for hydroxylation is 2. The molecule has 0 bridgehead atoms. The maximum atomic E-state index is 11.9. The summed E-state index contributed by atoms with van der Waals surface area (Å²) in [7, 11) is 0. The number of carbonyl (C=O) groups excluding carboxylic acids is 1. The molecule has 2 rings (SSSR count). The third-order valence-corrected chi connectivity index (χ3v) is 5.31. The van der Waals surface area contributed by atoms with E-state index in [2.05, 4.69) is 52.4 Å². The molecule has 1 aliphatic rings. The highest BCUT2D eigenvalue weighted by Crippen LogP contribution is 2.29. The minimum atomic E-state index is 0.178. The first kappa shape index (κ1) is 15.6. The third kappa shape index (κ3) is 4.93. The van der Waals surface area contributed by atoms with Crippen LogP contribution < -0.4 is 5.32 Å². The molecule has 0 saturated heterocycles. The normalized spacial score (nSPS) is 22.5. The molecule has 110 valence electrons. The van der Waals surface area contributed by atoms with E-state index in [0.717, 1.165) is 13.0 Å². The molecule has 2 unspecified atom stereocenters. The number of carbonyl (C=O) groups is 1. The molecule has 1 saturated carbocycles. The van der Waals surface area contributed by atoms with E-state index in [9.17, 15) is 4.79 Å². The Labute approximate surface area is 130 Å². The van der Waals surface area contributed by atoms with Crippen LogP contribution in [0.15, 0.2) is 24.3 Å². The van der Waals surface area contributed by atoms with Crippen molar-refractivity contribution in [2.75, 3.05) is 6.54 Å². The lowest BCUT2D eigenvalue weighted by atomic mass is 9.89. The SMILES string of the molecule is Cc1cccc(CCC(=O)NCC2CCCCC2Br)c1. The van der Waals surface area contributed by atoms with Gasteiger partial charge in [-0.2, -0.15) is 0 Å². The van der Waals surface area contributed by atoms with Crippen molar-refractivity contribution in [3.8, 4) is 0 Å². The quantitative estimate of drug-likeness (QED) is 0.808. The topological polar surface area (TPSA) is 29.1 Å². The highest BCUT2D eigenvalue weighted by molar-refractivity contribution is 9.09. The largest absolute Gasteiger partial charge is 0.356 e. The molecule has 1 fully saturated rings. The number of halogens is 1. The summed E-state index contributed by atoms with van der Waals surface area (Å²) < 4.78 is 0. The molecular formula is C17H24BrNO. The van der Waals surface area contributed by atoms with Crippen LogP contribution >= 0.6 is 15.9 Å². The molecule has 20 heavy (non-hydrogen) atoms. The lowest BCUT2D eigenvalue weighted by molar-refractivity contribution is -0.121. The minimum absolute atomic E-state index is 0.178. The van der Waals surface area contributed by atoms with Gasteiger partial charge in [0.2, 0.25) is 5.91 Å². The van der Waals surface area contributed by atoms with Gasteiger partial charge in [0, 0.05) is 17.8 Å². The maximum Gasteiger partial charge on any atom is 0.220 e. The predicted molar refractivity (Wildman–Crippen MR) is 87.2 cm³/mol. The van der Waals surface area contributed by atoms with Crippen LogP contribution in [0.5, 0.6) is 0 Å². The highest BCUT2D eigenvalue weighted by atomic mass is 79.9. The van der Waals surface area contributed by atoms with Crippen molar-refractivity contribution < 1.29 is 4.79 Å². The molecular weight excluding hydrogens is 314 g/mol. The first-order valence-corrected chi connectivity index (χ1v) is 8.53. The molecule has 0 aliphatic heterocycles. The number of amides is 1. The van der Waals surface area contributed by atoms with Gasteiger partial charge in [-0.15, -0.1) is 0 Å². The van der Waals surface area contributed by atoms with E-state index >= 15 is 0 Å². The van der Waals surface area contributed by atoms with Crippen LogP contribution in [0.2, 0.25) is 0 Å². The molecule has 1 amide bonds. The number of hydrogen-bond donors (Lipinski definition) is 1. The number of hydrogen-bond acceptors (Lipinski definition) is 1. The van der Waals surface area contributed by atoms with Gasteiger partial charge in [0.15, 0.2) is 0 Å². The monoisotopic (exact) mass is 337 g/mol. The molecule has 2 nitrogen and oxygen atoms in total. The molecule has 0 aromatic heterocycles. The second kappa shape index (κ2) is 7.82. The van der Waals surface area contributed by atoms with Crippen molar-refractivity contribution in [2.45, 2.75) is 50.3 Å². The summed E-state index contributed by atoms with van der Waals surface area (Å²) in [6.07, 6.45) is 6.50. The third-order valence-electron chi connectivity index (χ3n) is 4.10. The molecule has 1 N–H and O–H groups in total. The van der Waals surface area contributed by atoms with Gasteiger partial charge in [0.25, 0.3) is 0 Å². The molecule has 0 heterocycles. The van der Waals surface area contributed by atoms with E-state index in [1.807, 2.05) is 0 Å². The van der Waals surface area contributed by atoms with Crippen LogP contribution in [-0.2, 0) is 11.2 Å². The lowest BCUT2D eigenvalue weighted by Gasteiger charge is -2.27. The smallest absolute Gasteiger partial charge is 0.220 e. The second-order valence-electron chi connectivity index (χ2n) is 5.85. The van der Waals surface area contributed by atoms with E-state index in [-0.39, 0.29) is 5.91 Å². The standard InChI is InChI=1S/C17H24BrNO/c1-13-5-4-6-14(11-13)9-10-17(20)19-12-15-7-2-3-8-16(15)18/h4-6,11,15-16H,2-3,7-10,12H2,1H3,(H,19,20). The van der Waals surface area contributed by atoms with Gasteiger partial charge in [-0.1, -0.05) is 58.6 Å². The fraction of sp³-hybridized carbons (Fsp3) is 0.588. The van der Waals surface area contributed by atoms with E-state index in [1.54, 1.807) is 0 Å². The van der Waals surface area contributed by atoms with Crippen molar-refractivity contribution in [3.63, 3.8) is 0 Å². The van der Waals surface area contributed by atoms with Crippen LogP contribution in [0.1, 0.15) is 43.2 Å². The Bertz CT molecular complexity index is 446. The summed E-state index contributed by atoms with van der Waals surface area (Å²) in [5, 5.41) is 3.10. The van der Waals surface area contributed by atoms with E-state index in [0.29, 0.717) is 17.2 Å². The number of benzene rings is 1. The molecule has 0 spiro atoms. The average Bonchev–Trinajstić information content (AvgIpc) is 2.44. The molecule has 1 aromatic carbocycles. The first-order valence-electron chi connectivity index (χ1n) is 7.61. The minimum Gasteiger partial charge on any atom is -0.356 e. The molecule has 2 atom stereocenters. The Morgan fingerprint density at radius 1 is 1.35 bits per heavy atom. The summed E-state index contributed by atoms with van der Waals surface area (Å²) >= 11 is 3.74. The summed E-state index contributed by atoms with van der Waals surface area (Å²) in [5.41, 5.74) is 2.50. The van der Waals surface area contributed by atoms with Crippen molar-refractivity contribution in [2.24, 2.45) is 5.92 Å². The predicted octanol–water partition coefficient (Wildman–Crippen LogP) is 4.00. The molecule has 1 aromatic rings. The van der Waals surface area contributed by atoms with Crippen molar-refractivity contribution >= 4 is 21.8 Å². The molecule has 0 radical (unpaired) electrons. The van der Waals surface area contributed by atoms with Crippen molar-refractivity contribution in [3.05, 3.63) is 35.4 Å². The van der Waals surface area contributed by atoms with E-state index in [4.69, 9.17) is 0 Å². The van der Waals surface area contributed by atoms with Crippen LogP contribution in [0.25, 0.3) is 0 Å². The van der Waals surface area contributed by atoms with Crippen molar-refractivity contribution in [1.29, 1.82) is 0 Å². The molecule has 1 aliphatic carbocycles. The average molecular weight is 338 g/mol. The Kier molecular flexibility index (Phi) is 6.08. The number of alkyl halides is 1. The number of rotatable bonds is 5. The summed E-state index contributed by atoms with van der Waals surface area (Å²) in [6.45, 7) is 2.91. The second-order valence-corrected chi connectivity index (χ2v) is 7.03. The van der Waals surface area contributed by atoms with E-state index in [1.165, 1.54) is 36.8 Å². The highest BCUT2D eigenvalue weighted by Gasteiger charge is 2.22. The summed E-state index contributed by atoms with van der Waals surface area (Å²) in [6, 6.07) is 8.39. The Balaban J connectivity index is 1.70. The zero-order chi connectivity index (χ0) is 14.4. The lowest BCUT2D eigenvalue weighted by Crippen LogP contribution is -2.34. The van der Waals surface area contributed by atoms with Gasteiger partial charge >= 0.3 is 0 Å². The zero-order valence-electron chi connectivity index (χ0n) is 12.2. The first-order chi connectivity index (χ1) is 9.65. The summed E-state index contributed by atoms with van der Waals surface area (Å²) in [4.78, 5) is 12.5. The van der Waals surface area contributed by atoms with Gasteiger partial charge in [0.05, 0.1) is 0 Å². The zero-order valence-corrected chi connectivity index (χ0v) is 13.8. The van der Waals surface area contributed by atoms with Crippen LogP contribution in [0.3, 0.4) is 0 Å². The van der Waals surface area contributed by atoms with Gasteiger partial charge in [0.1, 0.15) is 0 Å². The van der Waals surface area contributed by atoms with E-state index < -0.39 is 0 Å². The Morgan fingerprint density at radius 3 is 2.90 bits per heavy atom. The maximum absolute atomic E-state index is 11.9.